The zero-order chi connectivity index (χ0) is 16.7. The third-order valence-electron chi connectivity index (χ3n) is 4.42. The van der Waals surface area contributed by atoms with Crippen molar-refractivity contribution in [3.63, 3.8) is 0 Å². The summed E-state index contributed by atoms with van der Waals surface area (Å²) in [4.78, 5) is 1.26. The Morgan fingerprint density at radius 2 is 1.78 bits per heavy atom. The molecule has 2 rings (SSSR count). The summed E-state index contributed by atoms with van der Waals surface area (Å²) in [6, 6.07) is 12.4. The molecule has 0 aliphatic carbocycles. The molecule has 0 amide bonds. The number of phenolic OH excluding ortho intramolecular Hbond substituents is 1. The molecule has 0 aliphatic rings. The van der Waals surface area contributed by atoms with Crippen LogP contribution in [0, 0.1) is 13.8 Å². The van der Waals surface area contributed by atoms with Crippen LogP contribution in [0.5, 0.6) is 5.75 Å². The topological polar surface area (TPSA) is 20.2 Å². The monoisotopic (exact) mass is 328 g/mol. The van der Waals surface area contributed by atoms with Gasteiger partial charge in [-0.05, 0) is 66.5 Å². The molecular weight excluding hydrogens is 300 g/mol. The lowest BCUT2D eigenvalue weighted by atomic mass is 9.97. The van der Waals surface area contributed by atoms with Gasteiger partial charge in [-0.1, -0.05) is 44.4 Å². The van der Waals surface area contributed by atoms with Gasteiger partial charge in [0.1, 0.15) is 5.75 Å². The van der Waals surface area contributed by atoms with Gasteiger partial charge in [-0.2, -0.15) is 0 Å². The molecule has 2 aromatic carbocycles. The van der Waals surface area contributed by atoms with E-state index in [-0.39, 0.29) is 0 Å². The largest absolute Gasteiger partial charge is 0.508 e. The predicted octanol–water partition coefficient (Wildman–Crippen LogP) is 6.27. The van der Waals surface area contributed by atoms with Gasteiger partial charge < -0.3 is 5.11 Å². The summed E-state index contributed by atoms with van der Waals surface area (Å²) in [5.41, 5.74) is 4.95. The summed E-state index contributed by atoms with van der Waals surface area (Å²) in [6.07, 6.45) is 5.99. The summed E-state index contributed by atoms with van der Waals surface area (Å²) in [6.45, 7) is 6.54. The van der Waals surface area contributed by atoms with E-state index in [1.54, 1.807) is 0 Å². The minimum Gasteiger partial charge on any atom is -0.508 e. The van der Waals surface area contributed by atoms with Crippen LogP contribution in [0.2, 0.25) is 0 Å². The molecule has 0 saturated heterocycles. The quantitative estimate of drug-likeness (QED) is 0.455. The van der Waals surface area contributed by atoms with E-state index in [0.717, 1.165) is 17.7 Å². The van der Waals surface area contributed by atoms with Crippen molar-refractivity contribution in [3.05, 3.63) is 58.7 Å². The van der Waals surface area contributed by atoms with Gasteiger partial charge in [0.05, 0.1) is 0 Å². The fourth-order valence-electron chi connectivity index (χ4n) is 2.72. The zero-order valence-electron chi connectivity index (χ0n) is 14.6. The minimum atomic E-state index is 0.404. The van der Waals surface area contributed by atoms with Gasteiger partial charge in [0, 0.05) is 11.3 Å². The van der Waals surface area contributed by atoms with E-state index >= 15 is 0 Å². The highest BCUT2D eigenvalue weighted by atomic mass is 32.2. The summed E-state index contributed by atoms with van der Waals surface area (Å²) in [5.74, 6) is 1.56. The first kappa shape index (κ1) is 17.9. The maximum atomic E-state index is 10.2. The molecule has 2 aromatic rings. The molecule has 0 unspecified atom stereocenters. The molecule has 0 aromatic heterocycles. The summed E-state index contributed by atoms with van der Waals surface area (Å²) in [5, 5.41) is 10.2. The first-order chi connectivity index (χ1) is 11.1. The van der Waals surface area contributed by atoms with Gasteiger partial charge in [-0.25, -0.2) is 0 Å². The second kappa shape index (κ2) is 9.02. The Morgan fingerprint density at radius 3 is 2.57 bits per heavy atom. The van der Waals surface area contributed by atoms with Crippen LogP contribution in [-0.2, 0) is 6.42 Å². The Kier molecular flexibility index (Phi) is 7.04. The molecule has 0 bridgehead atoms. The fourth-order valence-corrected chi connectivity index (χ4v) is 3.69. The Bertz CT molecular complexity index is 634. The molecule has 1 nitrogen and oxygen atoms in total. The van der Waals surface area contributed by atoms with Crippen molar-refractivity contribution in [2.45, 2.75) is 57.8 Å². The molecule has 0 saturated carbocycles. The predicted molar refractivity (Wildman–Crippen MR) is 102 cm³/mol. The van der Waals surface area contributed by atoms with Crippen molar-refractivity contribution < 1.29 is 5.11 Å². The van der Waals surface area contributed by atoms with Crippen LogP contribution < -0.4 is 0 Å². The van der Waals surface area contributed by atoms with Crippen LogP contribution in [0.25, 0.3) is 0 Å². The number of aryl methyl sites for hydroxylation is 1. The molecule has 0 atom stereocenters. The van der Waals surface area contributed by atoms with E-state index in [2.05, 4.69) is 45.0 Å². The fraction of sp³-hybridized carbons (Fsp3) is 0.429. The number of aromatic hydroxyl groups is 1. The number of unbranched alkanes of at least 4 members (excludes halogenated alkanes) is 3. The molecule has 0 radical (unpaired) electrons. The number of hydrogen-bond acceptors (Lipinski definition) is 2. The standard InChI is InChI=1S/C21H28OS/c1-4-5-6-7-13-23-20-11-12-21(22)19(15-20)14-18-10-8-9-16(2)17(18)3/h8-12,15,22H,4-7,13-14H2,1-3H3. The summed E-state index contributed by atoms with van der Waals surface area (Å²) >= 11 is 1.90. The average molecular weight is 329 g/mol. The second-order valence-corrected chi connectivity index (χ2v) is 7.40. The van der Waals surface area contributed by atoms with Gasteiger partial charge in [0.15, 0.2) is 0 Å². The highest BCUT2D eigenvalue weighted by Crippen LogP contribution is 2.29. The van der Waals surface area contributed by atoms with Gasteiger partial charge in [0.2, 0.25) is 0 Å². The molecular formula is C21H28OS. The minimum absolute atomic E-state index is 0.404. The van der Waals surface area contributed by atoms with E-state index in [1.807, 2.05) is 23.9 Å². The van der Waals surface area contributed by atoms with Gasteiger partial charge in [0.25, 0.3) is 0 Å². The van der Waals surface area contributed by atoms with E-state index in [9.17, 15) is 5.11 Å². The van der Waals surface area contributed by atoms with Crippen LogP contribution in [-0.4, -0.2) is 10.9 Å². The molecule has 0 heterocycles. The average Bonchev–Trinajstić information content (AvgIpc) is 2.54. The lowest BCUT2D eigenvalue weighted by molar-refractivity contribution is 0.469. The molecule has 0 fully saturated rings. The van der Waals surface area contributed by atoms with Crippen LogP contribution >= 0.6 is 11.8 Å². The van der Waals surface area contributed by atoms with Crippen molar-refractivity contribution in [2.24, 2.45) is 0 Å². The van der Waals surface area contributed by atoms with Crippen LogP contribution in [0.3, 0.4) is 0 Å². The smallest absolute Gasteiger partial charge is 0.119 e. The maximum absolute atomic E-state index is 10.2. The third kappa shape index (κ3) is 5.31. The molecule has 0 spiro atoms. The number of phenols is 1. The van der Waals surface area contributed by atoms with Crippen molar-refractivity contribution in [1.82, 2.24) is 0 Å². The van der Waals surface area contributed by atoms with Crippen molar-refractivity contribution in [3.8, 4) is 5.75 Å². The number of rotatable bonds is 8. The first-order valence-corrected chi connectivity index (χ1v) is 9.60. The Labute approximate surface area is 145 Å². The van der Waals surface area contributed by atoms with Crippen molar-refractivity contribution in [1.29, 1.82) is 0 Å². The third-order valence-corrected chi connectivity index (χ3v) is 5.50. The molecule has 2 heteroatoms. The lowest BCUT2D eigenvalue weighted by Crippen LogP contribution is -1.95. The van der Waals surface area contributed by atoms with Crippen molar-refractivity contribution >= 4 is 11.8 Å². The SMILES string of the molecule is CCCCCCSc1ccc(O)c(Cc2cccc(C)c2C)c1. The molecule has 124 valence electrons. The van der Waals surface area contributed by atoms with Gasteiger partial charge in [-0.3, -0.25) is 0 Å². The van der Waals surface area contributed by atoms with E-state index in [0.29, 0.717) is 5.75 Å². The zero-order valence-corrected chi connectivity index (χ0v) is 15.4. The van der Waals surface area contributed by atoms with E-state index in [1.165, 1.54) is 47.3 Å². The maximum Gasteiger partial charge on any atom is 0.119 e. The van der Waals surface area contributed by atoms with Crippen LogP contribution in [0.4, 0.5) is 0 Å². The Balaban J connectivity index is 2.04. The summed E-state index contributed by atoms with van der Waals surface area (Å²) < 4.78 is 0. The first-order valence-electron chi connectivity index (χ1n) is 8.61. The van der Waals surface area contributed by atoms with Gasteiger partial charge in [-0.15, -0.1) is 11.8 Å². The Hall–Kier alpha value is -1.41. The lowest BCUT2D eigenvalue weighted by Gasteiger charge is -2.11. The molecule has 23 heavy (non-hydrogen) atoms. The van der Waals surface area contributed by atoms with Gasteiger partial charge >= 0.3 is 0 Å². The van der Waals surface area contributed by atoms with Crippen LogP contribution in [0.15, 0.2) is 41.3 Å². The highest BCUT2D eigenvalue weighted by Gasteiger charge is 2.07. The summed E-state index contributed by atoms with van der Waals surface area (Å²) in [7, 11) is 0. The number of thioether (sulfide) groups is 1. The van der Waals surface area contributed by atoms with Crippen molar-refractivity contribution in [2.75, 3.05) is 5.75 Å². The molecule has 0 aliphatic heterocycles. The molecule has 1 N–H and O–H groups in total. The highest BCUT2D eigenvalue weighted by molar-refractivity contribution is 7.99. The number of hydrogen-bond donors (Lipinski definition) is 1. The van der Waals surface area contributed by atoms with E-state index in [4.69, 9.17) is 0 Å². The normalized spacial score (nSPS) is 10.9. The second-order valence-electron chi connectivity index (χ2n) is 6.24. The van der Waals surface area contributed by atoms with Crippen LogP contribution in [0.1, 0.15) is 54.9 Å². The Morgan fingerprint density at radius 1 is 0.957 bits per heavy atom. The van der Waals surface area contributed by atoms with E-state index < -0.39 is 0 Å². The number of benzene rings is 2.